The molecule has 0 spiro atoms. The van der Waals surface area contributed by atoms with Crippen molar-refractivity contribution in [1.82, 2.24) is 5.32 Å². The summed E-state index contributed by atoms with van der Waals surface area (Å²) >= 11 is 2.21. The van der Waals surface area contributed by atoms with Crippen molar-refractivity contribution in [2.75, 3.05) is 17.6 Å². The van der Waals surface area contributed by atoms with E-state index in [1.807, 2.05) is 13.8 Å². The monoisotopic (exact) mass is 349 g/mol. The van der Waals surface area contributed by atoms with E-state index in [2.05, 4.69) is 32.6 Å². The summed E-state index contributed by atoms with van der Waals surface area (Å²) in [6, 6.07) is 0.128. The molecule has 1 unspecified atom stereocenters. The molecule has 3 nitrogen and oxygen atoms in total. The van der Waals surface area contributed by atoms with E-state index in [9.17, 15) is 13.6 Å². The fraction of sp³-hybridized carbons (Fsp3) is 0.900. The third kappa shape index (κ3) is 8.20. The Morgan fingerprint density at radius 1 is 1.44 bits per heavy atom. The fourth-order valence-corrected chi connectivity index (χ4v) is 2.24. The van der Waals surface area contributed by atoms with Crippen LogP contribution in [0.5, 0.6) is 0 Å². The molecule has 1 amide bonds. The molecule has 6 heteroatoms. The first-order chi connectivity index (χ1) is 7.47. The van der Waals surface area contributed by atoms with Crippen LogP contribution in [0.1, 0.15) is 20.3 Å². The van der Waals surface area contributed by atoms with E-state index in [-0.39, 0.29) is 25.0 Å². The summed E-state index contributed by atoms with van der Waals surface area (Å²) in [4.78, 5) is 11.4. The number of alkyl halides is 3. The molecular formula is C10H18F2INO2. The van der Waals surface area contributed by atoms with Gasteiger partial charge in [-0.2, -0.15) is 0 Å². The van der Waals surface area contributed by atoms with Crippen molar-refractivity contribution in [2.45, 2.75) is 32.7 Å². The summed E-state index contributed by atoms with van der Waals surface area (Å²) in [5.41, 5.74) is 0. The topological polar surface area (TPSA) is 38.3 Å². The summed E-state index contributed by atoms with van der Waals surface area (Å²) in [6.45, 7) is 3.49. The molecule has 0 aliphatic carbocycles. The second-order valence-corrected chi connectivity index (χ2v) is 4.67. The molecule has 0 aromatic rings. The largest absolute Gasteiger partial charge is 0.375 e. The summed E-state index contributed by atoms with van der Waals surface area (Å²) in [5, 5.41) is 2.84. The predicted molar refractivity (Wildman–Crippen MR) is 67.1 cm³/mol. The molecule has 0 aliphatic heterocycles. The molecule has 0 fully saturated rings. The van der Waals surface area contributed by atoms with Gasteiger partial charge in [-0.3, -0.25) is 4.79 Å². The van der Waals surface area contributed by atoms with Crippen LogP contribution >= 0.6 is 22.6 Å². The molecule has 1 atom stereocenters. The zero-order chi connectivity index (χ0) is 12.6. The standard InChI is InChI=1S/C10H18F2INO2/c1-7(2)8(5-13)14-10(15)3-4-16-6-9(11)12/h7-9H,3-6H2,1-2H3,(H,14,15). The molecule has 1 N–H and O–H groups in total. The van der Waals surface area contributed by atoms with E-state index in [0.29, 0.717) is 5.92 Å². The van der Waals surface area contributed by atoms with E-state index >= 15 is 0 Å². The SMILES string of the molecule is CC(C)C(CI)NC(=O)CCOCC(F)F. The minimum Gasteiger partial charge on any atom is -0.375 e. The third-order valence-corrected chi connectivity index (χ3v) is 2.98. The quantitative estimate of drug-likeness (QED) is 0.415. The smallest absolute Gasteiger partial charge is 0.261 e. The molecule has 0 saturated heterocycles. The molecule has 0 aliphatic rings. The van der Waals surface area contributed by atoms with Crippen LogP contribution in [-0.2, 0) is 9.53 Å². The van der Waals surface area contributed by atoms with Gasteiger partial charge in [-0.25, -0.2) is 8.78 Å². The van der Waals surface area contributed by atoms with Gasteiger partial charge in [0.1, 0.15) is 6.61 Å². The maximum absolute atomic E-state index is 11.7. The van der Waals surface area contributed by atoms with Crippen molar-refractivity contribution >= 4 is 28.5 Å². The van der Waals surface area contributed by atoms with E-state index in [4.69, 9.17) is 0 Å². The average molecular weight is 349 g/mol. The van der Waals surface area contributed by atoms with E-state index in [1.54, 1.807) is 0 Å². The predicted octanol–water partition coefficient (Wildman–Crippen LogP) is 2.23. The molecule has 0 saturated carbocycles. The van der Waals surface area contributed by atoms with Crippen molar-refractivity contribution in [3.05, 3.63) is 0 Å². The van der Waals surface area contributed by atoms with Gasteiger partial charge in [-0.15, -0.1) is 0 Å². The third-order valence-electron chi connectivity index (χ3n) is 2.03. The van der Waals surface area contributed by atoms with E-state index < -0.39 is 13.0 Å². The molecule has 0 aromatic carbocycles. The minimum atomic E-state index is -2.47. The molecule has 0 heterocycles. The first-order valence-corrected chi connectivity index (χ1v) is 6.71. The number of hydrogen-bond donors (Lipinski definition) is 1. The Morgan fingerprint density at radius 2 is 2.06 bits per heavy atom. The van der Waals surface area contributed by atoms with Gasteiger partial charge in [0.05, 0.1) is 6.61 Å². The van der Waals surface area contributed by atoms with Gasteiger partial charge in [-0.1, -0.05) is 36.4 Å². The maximum Gasteiger partial charge on any atom is 0.261 e. The lowest BCUT2D eigenvalue weighted by molar-refractivity contribution is -0.123. The summed E-state index contributed by atoms with van der Waals surface area (Å²) in [6.07, 6.45) is -2.34. The Kier molecular flexibility index (Phi) is 9.10. The van der Waals surface area contributed by atoms with E-state index in [0.717, 1.165) is 4.43 Å². The van der Waals surface area contributed by atoms with Gasteiger partial charge in [0, 0.05) is 16.9 Å². The van der Waals surface area contributed by atoms with Crippen LogP contribution in [-0.4, -0.2) is 36.0 Å². The van der Waals surface area contributed by atoms with Crippen LogP contribution in [0.15, 0.2) is 0 Å². The molecule has 96 valence electrons. The van der Waals surface area contributed by atoms with Crippen LogP contribution < -0.4 is 5.32 Å². The summed E-state index contributed by atoms with van der Waals surface area (Å²) < 4.78 is 28.9. The number of halogens is 3. The highest BCUT2D eigenvalue weighted by atomic mass is 127. The number of amides is 1. The van der Waals surface area contributed by atoms with Gasteiger partial charge in [0.15, 0.2) is 0 Å². The summed E-state index contributed by atoms with van der Waals surface area (Å²) in [7, 11) is 0. The van der Waals surface area contributed by atoms with Gasteiger partial charge >= 0.3 is 0 Å². The number of carbonyl (C=O) groups excluding carboxylic acids is 1. The fourth-order valence-electron chi connectivity index (χ4n) is 1.000. The normalized spacial score (nSPS) is 13.2. The van der Waals surface area contributed by atoms with Gasteiger partial charge < -0.3 is 10.1 Å². The second kappa shape index (κ2) is 9.09. The lowest BCUT2D eigenvalue weighted by Crippen LogP contribution is -2.40. The van der Waals surface area contributed by atoms with Crippen molar-refractivity contribution in [3.8, 4) is 0 Å². The molecule has 16 heavy (non-hydrogen) atoms. The first kappa shape index (κ1) is 16.0. The number of hydrogen-bond acceptors (Lipinski definition) is 2. The van der Waals surface area contributed by atoms with Gasteiger partial charge in [-0.05, 0) is 5.92 Å². The van der Waals surface area contributed by atoms with Crippen molar-refractivity contribution in [1.29, 1.82) is 0 Å². The number of rotatable bonds is 8. The summed E-state index contributed by atoms with van der Waals surface area (Å²) in [5.74, 6) is 0.215. The zero-order valence-electron chi connectivity index (χ0n) is 9.51. The lowest BCUT2D eigenvalue weighted by atomic mass is 10.1. The molecule has 0 rings (SSSR count). The Balaban J connectivity index is 3.65. The zero-order valence-corrected chi connectivity index (χ0v) is 11.7. The molecular weight excluding hydrogens is 331 g/mol. The van der Waals surface area contributed by atoms with Crippen LogP contribution in [0.25, 0.3) is 0 Å². The van der Waals surface area contributed by atoms with Crippen LogP contribution in [0, 0.1) is 5.92 Å². The van der Waals surface area contributed by atoms with E-state index in [1.165, 1.54) is 0 Å². The Labute approximate surface area is 108 Å². The lowest BCUT2D eigenvalue weighted by Gasteiger charge is -2.19. The highest BCUT2D eigenvalue weighted by Crippen LogP contribution is 2.05. The van der Waals surface area contributed by atoms with Crippen molar-refractivity contribution < 1.29 is 18.3 Å². The van der Waals surface area contributed by atoms with Crippen LogP contribution in [0.2, 0.25) is 0 Å². The first-order valence-electron chi connectivity index (χ1n) is 5.18. The number of nitrogens with one attached hydrogen (secondary N) is 1. The average Bonchev–Trinajstić information content (AvgIpc) is 2.20. The highest BCUT2D eigenvalue weighted by Gasteiger charge is 2.14. The van der Waals surface area contributed by atoms with Gasteiger partial charge in [0.2, 0.25) is 5.91 Å². The highest BCUT2D eigenvalue weighted by molar-refractivity contribution is 14.1. The van der Waals surface area contributed by atoms with Crippen LogP contribution in [0.3, 0.4) is 0 Å². The number of carbonyl (C=O) groups is 1. The minimum absolute atomic E-state index is 0.0439. The van der Waals surface area contributed by atoms with Crippen molar-refractivity contribution in [2.24, 2.45) is 5.92 Å². The van der Waals surface area contributed by atoms with Crippen LogP contribution in [0.4, 0.5) is 8.78 Å². The second-order valence-electron chi connectivity index (χ2n) is 3.79. The number of ether oxygens (including phenoxy) is 1. The Morgan fingerprint density at radius 3 is 2.50 bits per heavy atom. The maximum atomic E-state index is 11.7. The van der Waals surface area contributed by atoms with Crippen molar-refractivity contribution in [3.63, 3.8) is 0 Å². The molecule has 0 radical (unpaired) electrons. The Hall–Kier alpha value is 0.0200. The van der Waals surface area contributed by atoms with Gasteiger partial charge in [0.25, 0.3) is 6.43 Å². The molecule has 0 bridgehead atoms. The molecule has 0 aromatic heterocycles. The Bertz CT molecular complexity index is 203.